The Kier molecular flexibility index (Phi) is 6.25. The number of rotatable bonds is 7. The van der Waals surface area contributed by atoms with Gasteiger partial charge in [-0.1, -0.05) is 65.9 Å². The van der Waals surface area contributed by atoms with Gasteiger partial charge >= 0.3 is 0 Å². The highest BCUT2D eigenvalue weighted by atomic mass is 16.7. The van der Waals surface area contributed by atoms with Gasteiger partial charge in [-0.05, 0) is 54.1 Å². The van der Waals surface area contributed by atoms with E-state index in [1.807, 2.05) is 35.1 Å². The fourth-order valence-corrected chi connectivity index (χ4v) is 6.20. The first-order valence-corrected chi connectivity index (χ1v) is 13.7. The van der Waals surface area contributed by atoms with E-state index in [0.717, 1.165) is 60.8 Å². The summed E-state index contributed by atoms with van der Waals surface area (Å²) in [6, 6.07) is 25.0. The van der Waals surface area contributed by atoms with Gasteiger partial charge in [-0.25, -0.2) is 0 Å². The van der Waals surface area contributed by atoms with Crippen molar-refractivity contribution in [1.29, 1.82) is 0 Å². The standard InChI is InChI=1S/C31H31N5O3/c37-31(32-16-21-6-11-29-30(14-21)39-20-38-29)27-18-35-13-12-25(27)15-26(35)17-36-19-28(33-34-36)24-9-7-23(8-10-24)22-4-2-1-3-5-22/h1-11,14,19,25-27H,12-13,15-18,20H2,(H,32,37). The quantitative estimate of drug-likeness (QED) is 0.389. The van der Waals surface area contributed by atoms with Gasteiger partial charge in [-0.2, -0.15) is 0 Å². The van der Waals surface area contributed by atoms with E-state index in [-0.39, 0.29) is 18.6 Å². The van der Waals surface area contributed by atoms with Crippen LogP contribution >= 0.6 is 0 Å². The number of fused-ring (bicyclic) bond motifs is 4. The number of nitrogens with one attached hydrogen (secondary N) is 1. The molecule has 0 saturated carbocycles. The van der Waals surface area contributed by atoms with E-state index in [4.69, 9.17) is 9.47 Å². The van der Waals surface area contributed by atoms with E-state index >= 15 is 0 Å². The second-order valence-corrected chi connectivity index (χ2v) is 10.7. The summed E-state index contributed by atoms with van der Waals surface area (Å²) in [4.78, 5) is 15.6. The van der Waals surface area contributed by atoms with Gasteiger partial charge < -0.3 is 14.8 Å². The van der Waals surface area contributed by atoms with Crippen LogP contribution in [-0.2, 0) is 17.9 Å². The molecule has 1 amide bonds. The van der Waals surface area contributed by atoms with Crippen molar-refractivity contribution >= 4 is 5.91 Å². The smallest absolute Gasteiger partial charge is 0.231 e. The van der Waals surface area contributed by atoms with Crippen LogP contribution < -0.4 is 14.8 Å². The highest BCUT2D eigenvalue weighted by Crippen LogP contribution is 2.37. The molecule has 8 rings (SSSR count). The summed E-state index contributed by atoms with van der Waals surface area (Å²) in [6.07, 6.45) is 4.11. The van der Waals surface area contributed by atoms with E-state index in [1.54, 1.807) is 0 Å². The van der Waals surface area contributed by atoms with Gasteiger partial charge in [0.15, 0.2) is 11.5 Å². The molecular weight excluding hydrogens is 490 g/mol. The Labute approximate surface area is 227 Å². The normalized spacial score (nSPS) is 23.1. The van der Waals surface area contributed by atoms with Crippen LogP contribution in [0.4, 0.5) is 0 Å². The van der Waals surface area contributed by atoms with Crippen molar-refractivity contribution in [1.82, 2.24) is 25.2 Å². The van der Waals surface area contributed by atoms with Crippen LogP contribution in [-0.4, -0.2) is 51.7 Å². The molecule has 3 aromatic carbocycles. The zero-order valence-corrected chi connectivity index (χ0v) is 21.7. The highest BCUT2D eigenvalue weighted by Gasteiger charge is 2.43. The summed E-state index contributed by atoms with van der Waals surface area (Å²) in [6.45, 7) is 3.37. The number of aromatic nitrogens is 3. The van der Waals surface area contributed by atoms with Gasteiger partial charge in [-0.15, -0.1) is 5.10 Å². The summed E-state index contributed by atoms with van der Waals surface area (Å²) in [5, 5.41) is 12.0. The van der Waals surface area contributed by atoms with Gasteiger partial charge in [0.1, 0.15) is 5.69 Å². The molecule has 0 radical (unpaired) electrons. The van der Waals surface area contributed by atoms with Gasteiger partial charge in [0, 0.05) is 24.7 Å². The maximum absolute atomic E-state index is 13.1. The lowest BCUT2D eigenvalue weighted by Gasteiger charge is -2.49. The minimum Gasteiger partial charge on any atom is -0.454 e. The number of ether oxygens (including phenoxy) is 2. The molecular formula is C31H31N5O3. The van der Waals surface area contributed by atoms with Gasteiger partial charge in [-0.3, -0.25) is 14.4 Å². The lowest BCUT2D eigenvalue weighted by atomic mass is 9.75. The topological polar surface area (TPSA) is 81.5 Å². The fraction of sp³-hybridized carbons (Fsp3) is 0.323. The minimum atomic E-state index is 0.0263. The van der Waals surface area contributed by atoms with Crippen molar-refractivity contribution in [3.63, 3.8) is 0 Å². The second-order valence-electron chi connectivity index (χ2n) is 10.7. The lowest BCUT2D eigenvalue weighted by molar-refractivity contribution is -0.133. The van der Waals surface area contributed by atoms with E-state index < -0.39 is 0 Å². The molecule has 0 aliphatic carbocycles. The first-order chi connectivity index (χ1) is 19.2. The molecule has 198 valence electrons. The van der Waals surface area contributed by atoms with E-state index in [9.17, 15) is 4.79 Å². The lowest BCUT2D eigenvalue weighted by Crippen LogP contribution is -2.57. The highest BCUT2D eigenvalue weighted by molar-refractivity contribution is 5.79. The molecule has 8 heteroatoms. The van der Waals surface area contributed by atoms with E-state index in [0.29, 0.717) is 18.5 Å². The molecule has 8 nitrogen and oxygen atoms in total. The maximum atomic E-state index is 13.1. The zero-order chi connectivity index (χ0) is 26.2. The number of hydrogen-bond acceptors (Lipinski definition) is 6. The summed E-state index contributed by atoms with van der Waals surface area (Å²) in [5.74, 6) is 2.06. The molecule has 4 aliphatic rings. The first-order valence-electron chi connectivity index (χ1n) is 13.7. The Bertz CT molecular complexity index is 1470. The predicted molar refractivity (Wildman–Crippen MR) is 147 cm³/mol. The summed E-state index contributed by atoms with van der Waals surface area (Å²) in [7, 11) is 0. The third-order valence-electron chi connectivity index (χ3n) is 8.34. The predicted octanol–water partition coefficient (Wildman–Crippen LogP) is 4.37. The van der Waals surface area contributed by atoms with Crippen molar-refractivity contribution in [3.8, 4) is 33.9 Å². The average Bonchev–Trinajstić information content (AvgIpc) is 3.66. The van der Waals surface area contributed by atoms with Crippen molar-refractivity contribution in [3.05, 3.63) is 84.6 Å². The van der Waals surface area contributed by atoms with Crippen LogP contribution in [0.15, 0.2) is 79.0 Å². The third kappa shape index (κ3) is 4.88. The monoisotopic (exact) mass is 521 g/mol. The molecule has 4 atom stereocenters. The second kappa shape index (κ2) is 10.2. The van der Waals surface area contributed by atoms with Crippen molar-refractivity contribution in [2.45, 2.75) is 32.0 Å². The first kappa shape index (κ1) is 23.9. The number of carbonyl (C=O) groups is 1. The number of carbonyl (C=O) groups excluding carboxylic acids is 1. The number of benzene rings is 3. The Morgan fingerprint density at radius 2 is 1.74 bits per heavy atom. The molecule has 4 aromatic rings. The zero-order valence-electron chi connectivity index (χ0n) is 21.7. The third-order valence-corrected chi connectivity index (χ3v) is 8.34. The minimum absolute atomic E-state index is 0.0263. The molecule has 1 N–H and O–H groups in total. The summed E-state index contributed by atoms with van der Waals surface area (Å²) < 4.78 is 12.8. The number of nitrogens with zero attached hydrogens (tertiary/aromatic N) is 4. The van der Waals surface area contributed by atoms with Crippen LogP contribution in [0.1, 0.15) is 18.4 Å². The Balaban J connectivity index is 0.951. The van der Waals surface area contributed by atoms with Crippen LogP contribution in [0.3, 0.4) is 0 Å². The Morgan fingerprint density at radius 1 is 0.949 bits per heavy atom. The van der Waals surface area contributed by atoms with E-state index in [1.165, 1.54) is 11.1 Å². The summed E-state index contributed by atoms with van der Waals surface area (Å²) >= 11 is 0. The molecule has 4 unspecified atom stereocenters. The fourth-order valence-electron chi connectivity index (χ4n) is 6.20. The molecule has 2 bridgehead atoms. The van der Waals surface area contributed by atoms with Crippen molar-refractivity contribution < 1.29 is 14.3 Å². The number of amides is 1. The SMILES string of the molecule is O=C(NCc1ccc2c(c1)OCO2)C1CN2CCC1CC2Cn1cc(-c2ccc(-c3ccccc3)cc2)nn1. The molecule has 1 aromatic heterocycles. The molecule has 3 saturated heterocycles. The average molecular weight is 522 g/mol. The van der Waals surface area contributed by atoms with Gasteiger partial charge in [0.05, 0.1) is 18.7 Å². The van der Waals surface area contributed by atoms with Crippen LogP contribution in [0.25, 0.3) is 22.4 Å². The molecule has 39 heavy (non-hydrogen) atoms. The molecule has 0 spiro atoms. The van der Waals surface area contributed by atoms with E-state index in [2.05, 4.69) is 69.1 Å². The van der Waals surface area contributed by atoms with Crippen LogP contribution in [0.2, 0.25) is 0 Å². The van der Waals surface area contributed by atoms with Crippen molar-refractivity contribution in [2.75, 3.05) is 19.9 Å². The molecule has 3 fully saturated rings. The van der Waals surface area contributed by atoms with Crippen LogP contribution in [0.5, 0.6) is 11.5 Å². The molecule has 5 heterocycles. The van der Waals surface area contributed by atoms with Crippen molar-refractivity contribution in [2.24, 2.45) is 11.8 Å². The number of piperidine rings is 3. The Morgan fingerprint density at radius 3 is 2.56 bits per heavy atom. The largest absolute Gasteiger partial charge is 0.454 e. The number of hydrogen-bond donors (Lipinski definition) is 1. The van der Waals surface area contributed by atoms with Crippen LogP contribution in [0, 0.1) is 11.8 Å². The summed E-state index contributed by atoms with van der Waals surface area (Å²) in [5.41, 5.74) is 5.35. The Hall–Kier alpha value is -4.17. The van der Waals surface area contributed by atoms with Gasteiger partial charge in [0.2, 0.25) is 12.7 Å². The maximum Gasteiger partial charge on any atom is 0.231 e. The molecule has 4 aliphatic heterocycles. The van der Waals surface area contributed by atoms with Gasteiger partial charge in [0.25, 0.3) is 0 Å².